The molecular formula is C23H29N5O2. The molecule has 1 fully saturated rings. The van der Waals surface area contributed by atoms with Crippen molar-refractivity contribution in [3.05, 3.63) is 46.9 Å². The maximum Gasteiger partial charge on any atom is 0.263 e. The summed E-state index contributed by atoms with van der Waals surface area (Å²) in [6, 6.07) is 8.46. The van der Waals surface area contributed by atoms with Crippen LogP contribution in [0.2, 0.25) is 0 Å². The molecule has 1 aromatic carbocycles. The van der Waals surface area contributed by atoms with E-state index < -0.39 is 0 Å². The van der Waals surface area contributed by atoms with Crippen LogP contribution < -0.4 is 10.2 Å². The van der Waals surface area contributed by atoms with E-state index in [1.807, 2.05) is 13.8 Å². The summed E-state index contributed by atoms with van der Waals surface area (Å²) in [4.78, 5) is 24.1. The number of rotatable bonds is 6. The number of piperidine rings is 1. The lowest BCUT2D eigenvalue weighted by molar-refractivity contribution is -0.125. The Morgan fingerprint density at radius 3 is 2.80 bits per heavy atom. The van der Waals surface area contributed by atoms with Gasteiger partial charge in [-0.05, 0) is 45.1 Å². The predicted octanol–water partition coefficient (Wildman–Crippen LogP) is 3.37. The van der Waals surface area contributed by atoms with Gasteiger partial charge in [0.1, 0.15) is 17.0 Å². The summed E-state index contributed by atoms with van der Waals surface area (Å²) in [5.41, 5.74) is 3.88. The van der Waals surface area contributed by atoms with Gasteiger partial charge in [0.2, 0.25) is 5.91 Å². The number of nitrogens with one attached hydrogen (secondary N) is 1. The van der Waals surface area contributed by atoms with Gasteiger partial charge in [-0.1, -0.05) is 41.9 Å². The molecule has 1 aliphatic rings. The first-order valence-electron chi connectivity index (χ1n) is 10.8. The molecule has 0 aliphatic carbocycles. The molecule has 7 nitrogen and oxygen atoms in total. The first kappa shape index (κ1) is 20.3. The fraction of sp³-hybridized carbons (Fsp3) is 0.478. The second-order valence-electron chi connectivity index (χ2n) is 8.07. The van der Waals surface area contributed by atoms with E-state index in [9.17, 15) is 4.79 Å². The number of amides is 1. The summed E-state index contributed by atoms with van der Waals surface area (Å²) in [5, 5.41) is 8.16. The summed E-state index contributed by atoms with van der Waals surface area (Å²) in [7, 11) is 0. The molecule has 30 heavy (non-hydrogen) atoms. The summed E-state index contributed by atoms with van der Waals surface area (Å²) in [5.74, 6) is 1.57. The van der Waals surface area contributed by atoms with Crippen molar-refractivity contribution in [1.29, 1.82) is 0 Å². The highest BCUT2D eigenvalue weighted by atomic mass is 16.5. The first-order valence-corrected chi connectivity index (χ1v) is 10.8. The van der Waals surface area contributed by atoms with Crippen LogP contribution in [-0.2, 0) is 17.6 Å². The summed E-state index contributed by atoms with van der Waals surface area (Å²) in [6.07, 6.45) is 3.44. The molecule has 4 rings (SSSR count). The van der Waals surface area contributed by atoms with Crippen molar-refractivity contribution in [3.63, 3.8) is 0 Å². The van der Waals surface area contributed by atoms with E-state index >= 15 is 0 Å². The van der Waals surface area contributed by atoms with Crippen LogP contribution in [0.25, 0.3) is 11.1 Å². The molecular weight excluding hydrogens is 378 g/mol. The monoisotopic (exact) mass is 407 g/mol. The SMILES string of the molecule is CCc1noc2nc(C)nc(N3CCCC(C(=O)NCCc4ccc(C)cc4)C3)c12. The van der Waals surface area contributed by atoms with Gasteiger partial charge in [-0.25, -0.2) is 4.98 Å². The lowest BCUT2D eigenvalue weighted by Gasteiger charge is -2.33. The molecule has 7 heteroatoms. The average molecular weight is 408 g/mol. The fourth-order valence-corrected chi connectivity index (χ4v) is 4.08. The van der Waals surface area contributed by atoms with E-state index in [2.05, 4.69) is 51.5 Å². The summed E-state index contributed by atoms with van der Waals surface area (Å²) < 4.78 is 5.42. The molecule has 0 spiro atoms. The van der Waals surface area contributed by atoms with Crippen molar-refractivity contribution in [2.24, 2.45) is 5.92 Å². The van der Waals surface area contributed by atoms with E-state index in [0.717, 1.165) is 49.1 Å². The fourth-order valence-electron chi connectivity index (χ4n) is 4.08. The minimum absolute atomic E-state index is 0.0491. The molecule has 1 atom stereocenters. The zero-order chi connectivity index (χ0) is 21.1. The van der Waals surface area contributed by atoms with Gasteiger partial charge in [-0.15, -0.1) is 0 Å². The quantitative estimate of drug-likeness (QED) is 0.674. The minimum Gasteiger partial charge on any atom is -0.355 e. The molecule has 3 aromatic rings. The van der Waals surface area contributed by atoms with Gasteiger partial charge >= 0.3 is 0 Å². The lowest BCUT2D eigenvalue weighted by Crippen LogP contribution is -2.44. The van der Waals surface area contributed by atoms with Gasteiger partial charge in [-0.3, -0.25) is 4.79 Å². The number of nitrogens with zero attached hydrogens (tertiary/aromatic N) is 4. The maximum absolute atomic E-state index is 12.8. The van der Waals surface area contributed by atoms with Gasteiger partial charge in [0.25, 0.3) is 5.71 Å². The topological polar surface area (TPSA) is 84.2 Å². The molecule has 0 saturated carbocycles. The van der Waals surface area contributed by atoms with E-state index in [1.54, 1.807) is 0 Å². The Hall–Kier alpha value is -2.96. The Labute approximate surface area is 176 Å². The normalized spacial score (nSPS) is 16.8. The van der Waals surface area contributed by atoms with Crippen molar-refractivity contribution >= 4 is 22.8 Å². The van der Waals surface area contributed by atoms with Crippen molar-refractivity contribution < 1.29 is 9.32 Å². The molecule has 1 aliphatic heterocycles. The standard InChI is InChI=1S/C23H29N5O2/c1-4-19-20-21(25-16(3)26-23(20)30-27-19)28-13-5-6-18(14-28)22(29)24-12-11-17-9-7-15(2)8-10-17/h7-10,18H,4-6,11-14H2,1-3H3,(H,24,29). The number of aromatic nitrogens is 3. The van der Waals surface area contributed by atoms with Crippen molar-refractivity contribution in [2.75, 3.05) is 24.5 Å². The van der Waals surface area contributed by atoms with E-state index in [1.165, 1.54) is 11.1 Å². The number of carbonyl (C=O) groups is 1. The van der Waals surface area contributed by atoms with E-state index in [4.69, 9.17) is 9.51 Å². The Morgan fingerprint density at radius 1 is 1.23 bits per heavy atom. The molecule has 1 N–H and O–H groups in total. The number of fused-ring (bicyclic) bond motifs is 1. The van der Waals surface area contributed by atoms with E-state index in [-0.39, 0.29) is 11.8 Å². The van der Waals surface area contributed by atoms with Crippen LogP contribution in [-0.4, -0.2) is 40.7 Å². The Balaban J connectivity index is 1.43. The highest BCUT2D eigenvalue weighted by Crippen LogP contribution is 2.30. The third-order valence-corrected chi connectivity index (χ3v) is 5.76. The number of hydrogen-bond acceptors (Lipinski definition) is 6. The number of carbonyl (C=O) groups excluding carboxylic acids is 1. The molecule has 1 unspecified atom stereocenters. The minimum atomic E-state index is -0.0491. The summed E-state index contributed by atoms with van der Waals surface area (Å²) in [6.45, 7) is 8.15. The molecule has 0 radical (unpaired) electrons. The smallest absolute Gasteiger partial charge is 0.263 e. The molecule has 1 amide bonds. The molecule has 0 bridgehead atoms. The third kappa shape index (κ3) is 4.30. The number of hydrogen-bond donors (Lipinski definition) is 1. The Bertz CT molecular complexity index is 1030. The number of anilines is 1. The van der Waals surface area contributed by atoms with Crippen LogP contribution in [0, 0.1) is 19.8 Å². The largest absolute Gasteiger partial charge is 0.355 e. The van der Waals surface area contributed by atoms with E-state index in [0.29, 0.717) is 24.6 Å². The Kier molecular flexibility index (Phi) is 5.97. The highest BCUT2D eigenvalue weighted by molar-refractivity contribution is 5.89. The number of benzene rings is 1. The first-order chi connectivity index (χ1) is 14.5. The van der Waals surface area contributed by atoms with Gasteiger partial charge in [-0.2, -0.15) is 4.98 Å². The average Bonchev–Trinajstić information content (AvgIpc) is 3.17. The molecule has 1 saturated heterocycles. The van der Waals surface area contributed by atoms with Crippen molar-refractivity contribution in [3.8, 4) is 0 Å². The third-order valence-electron chi connectivity index (χ3n) is 5.76. The molecule has 3 heterocycles. The van der Waals surface area contributed by atoms with Crippen LogP contribution in [0.4, 0.5) is 5.82 Å². The molecule has 158 valence electrons. The van der Waals surface area contributed by atoms with Crippen LogP contribution in [0.5, 0.6) is 0 Å². The van der Waals surface area contributed by atoms with Crippen LogP contribution >= 0.6 is 0 Å². The van der Waals surface area contributed by atoms with Crippen molar-refractivity contribution in [2.45, 2.75) is 46.5 Å². The lowest BCUT2D eigenvalue weighted by atomic mass is 9.96. The van der Waals surface area contributed by atoms with Gasteiger partial charge in [0, 0.05) is 19.6 Å². The maximum atomic E-state index is 12.8. The summed E-state index contributed by atoms with van der Waals surface area (Å²) >= 11 is 0. The second kappa shape index (κ2) is 8.81. The van der Waals surface area contributed by atoms with Crippen LogP contribution in [0.15, 0.2) is 28.8 Å². The van der Waals surface area contributed by atoms with Gasteiger partial charge in [0.05, 0.1) is 11.6 Å². The zero-order valence-electron chi connectivity index (χ0n) is 17.9. The predicted molar refractivity (Wildman–Crippen MR) is 117 cm³/mol. The van der Waals surface area contributed by atoms with Crippen molar-refractivity contribution in [1.82, 2.24) is 20.4 Å². The van der Waals surface area contributed by atoms with Crippen LogP contribution in [0.3, 0.4) is 0 Å². The number of aryl methyl sites for hydroxylation is 3. The second-order valence-corrected chi connectivity index (χ2v) is 8.07. The zero-order valence-corrected chi connectivity index (χ0v) is 17.9. The Morgan fingerprint density at radius 2 is 2.03 bits per heavy atom. The highest BCUT2D eigenvalue weighted by Gasteiger charge is 2.29. The van der Waals surface area contributed by atoms with Crippen LogP contribution in [0.1, 0.15) is 42.4 Å². The van der Waals surface area contributed by atoms with Gasteiger partial charge < -0.3 is 14.7 Å². The molecule has 2 aromatic heterocycles. The van der Waals surface area contributed by atoms with Gasteiger partial charge in [0.15, 0.2) is 0 Å².